The number of hydrogen-bond acceptors (Lipinski definition) is 4. The Morgan fingerprint density at radius 1 is 1.19 bits per heavy atom. The van der Waals surface area contributed by atoms with Crippen LogP contribution in [-0.4, -0.2) is 55.0 Å². The molecule has 1 saturated heterocycles. The van der Waals surface area contributed by atoms with Crippen LogP contribution in [0.4, 0.5) is 0 Å². The number of amides is 1. The molecule has 0 unspecified atom stereocenters. The van der Waals surface area contributed by atoms with Gasteiger partial charge in [0.15, 0.2) is 0 Å². The van der Waals surface area contributed by atoms with E-state index in [1.807, 2.05) is 29.2 Å². The van der Waals surface area contributed by atoms with Gasteiger partial charge in [-0.1, -0.05) is 12.1 Å². The van der Waals surface area contributed by atoms with E-state index in [-0.39, 0.29) is 5.91 Å². The highest BCUT2D eigenvalue weighted by Gasteiger charge is 2.16. The van der Waals surface area contributed by atoms with E-state index >= 15 is 0 Å². The third-order valence-electron chi connectivity index (χ3n) is 3.87. The topological polar surface area (TPSA) is 58.8 Å². The minimum Gasteiger partial charge on any atom is -0.492 e. The minimum atomic E-state index is 0.174. The maximum absolute atomic E-state index is 11.4. The molecule has 0 spiro atoms. The number of nitrogens with zero attached hydrogens (tertiary/aromatic N) is 2. The number of benzene rings is 1. The maximum Gasteiger partial charge on any atom is 0.219 e. The predicted octanol–water partition coefficient (Wildman–Crippen LogP) is 1.08. The Morgan fingerprint density at radius 2 is 1.95 bits per heavy atom. The van der Waals surface area contributed by atoms with Crippen molar-refractivity contribution < 1.29 is 9.53 Å². The van der Waals surface area contributed by atoms with Crippen molar-refractivity contribution >= 4 is 5.91 Å². The molecule has 1 aromatic carbocycles. The fourth-order valence-corrected chi connectivity index (χ4v) is 2.52. The van der Waals surface area contributed by atoms with E-state index in [0.29, 0.717) is 13.2 Å². The molecule has 0 aromatic heterocycles. The summed E-state index contributed by atoms with van der Waals surface area (Å²) in [6.45, 7) is 7.40. The molecule has 1 aromatic rings. The van der Waals surface area contributed by atoms with E-state index in [4.69, 9.17) is 10.5 Å². The molecule has 21 heavy (non-hydrogen) atoms. The lowest BCUT2D eigenvalue weighted by Gasteiger charge is -2.21. The maximum atomic E-state index is 11.4. The van der Waals surface area contributed by atoms with Gasteiger partial charge in [-0.05, 0) is 24.1 Å². The van der Waals surface area contributed by atoms with E-state index < -0.39 is 0 Å². The third-order valence-corrected chi connectivity index (χ3v) is 3.87. The molecule has 5 heteroatoms. The Labute approximate surface area is 126 Å². The quantitative estimate of drug-likeness (QED) is 0.882. The van der Waals surface area contributed by atoms with Crippen LogP contribution in [0, 0.1) is 0 Å². The van der Waals surface area contributed by atoms with Gasteiger partial charge >= 0.3 is 0 Å². The SMILES string of the molecule is CC(=O)N1CCCN(CCOc2ccc(CN)cc2)CC1. The molecular formula is C16H25N3O2. The molecule has 1 fully saturated rings. The Morgan fingerprint density at radius 3 is 2.62 bits per heavy atom. The van der Waals surface area contributed by atoms with E-state index in [1.165, 1.54) is 0 Å². The van der Waals surface area contributed by atoms with Crippen LogP contribution in [0.3, 0.4) is 0 Å². The van der Waals surface area contributed by atoms with Crippen molar-refractivity contribution in [2.24, 2.45) is 5.73 Å². The zero-order valence-electron chi connectivity index (χ0n) is 12.8. The first-order chi connectivity index (χ1) is 10.2. The van der Waals surface area contributed by atoms with Crippen LogP contribution < -0.4 is 10.5 Å². The first-order valence-electron chi connectivity index (χ1n) is 7.58. The van der Waals surface area contributed by atoms with E-state index in [9.17, 15) is 4.79 Å². The average molecular weight is 291 g/mol. The normalized spacial score (nSPS) is 16.6. The van der Waals surface area contributed by atoms with Crippen LogP contribution in [0.2, 0.25) is 0 Å². The molecule has 0 radical (unpaired) electrons. The Bertz CT molecular complexity index is 447. The molecule has 1 aliphatic heterocycles. The number of rotatable bonds is 5. The van der Waals surface area contributed by atoms with Gasteiger partial charge < -0.3 is 15.4 Å². The van der Waals surface area contributed by atoms with Crippen molar-refractivity contribution in [3.05, 3.63) is 29.8 Å². The highest BCUT2D eigenvalue weighted by Crippen LogP contribution is 2.12. The summed E-state index contributed by atoms with van der Waals surface area (Å²) in [6.07, 6.45) is 1.03. The smallest absolute Gasteiger partial charge is 0.219 e. The van der Waals surface area contributed by atoms with Gasteiger partial charge in [-0.3, -0.25) is 9.69 Å². The largest absolute Gasteiger partial charge is 0.492 e. The zero-order valence-corrected chi connectivity index (χ0v) is 12.8. The second-order valence-electron chi connectivity index (χ2n) is 5.40. The highest BCUT2D eigenvalue weighted by molar-refractivity contribution is 5.73. The van der Waals surface area contributed by atoms with Gasteiger partial charge in [0.05, 0.1) is 0 Å². The standard InChI is InChI=1S/C16H25N3O2/c1-14(20)19-8-2-7-18(9-10-19)11-12-21-16-5-3-15(13-17)4-6-16/h3-6H,2,7-13,17H2,1H3. The summed E-state index contributed by atoms with van der Waals surface area (Å²) < 4.78 is 5.76. The van der Waals surface area contributed by atoms with Gasteiger partial charge in [-0.15, -0.1) is 0 Å². The molecule has 5 nitrogen and oxygen atoms in total. The molecule has 1 aliphatic rings. The minimum absolute atomic E-state index is 0.174. The van der Waals surface area contributed by atoms with Crippen molar-refractivity contribution in [1.29, 1.82) is 0 Å². The van der Waals surface area contributed by atoms with Crippen molar-refractivity contribution in [3.63, 3.8) is 0 Å². The van der Waals surface area contributed by atoms with Crippen LogP contribution in [0.5, 0.6) is 5.75 Å². The molecule has 0 aliphatic carbocycles. The first-order valence-corrected chi connectivity index (χ1v) is 7.58. The lowest BCUT2D eigenvalue weighted by molar-refractivity contribution is -0.128. The van der Waals surface area contributed by atoms with Crippen LogP contribution in [0.15, 0.2) is 24.3 Å². The van der Waals surface area contributed by atoms with Gasteiger partial charge in [0.2, 0.25) is 5.91 Å². The molecule has 0 bridgehead atoms. The Balaban J connectivity index is 1.71. The molecule has 2 N–H and O–H groups in total. The monoisotopic (exact) mass is 291 g/mol. The van der Waals surface area contributed by atoms with E-state index in [2.05, 4.69) is 4.90 Å². The molecule has 2 rings (SSSR count). The summed E-state index contributed by atoms with van der Waals surface area (Å²) in [5.74, 6) is 1.06. The summed E-state index contributed by atoms with van der Waals surface area (Å²) in [7, 11) is 0. The van der Waals surface area contributed by atoms with Crippen LogP contribution >= 0.6 is 0 Å². The first kappa shape index (κ1) is 15.8. The molecular weight excluding hydrogens is 266 g/mol. The van der Waals surface area contributed by atoms with Crippen LogP contribution in [0.25, 0.3) is 0 Å². The number of carbonyl (C=O) groups excluding carboxylic acids is 1. The molecule has 0 saturated carbocycles. The molecule has 0 atom stereocenters. The summed E-state index contributed by atoms with van der Waals surface area (Å²) in [5.41, 5.74) is 6.68. The fraction of sp³-hybridized carbons (Fsp3) is 0.562. The summed E-state index contributed by atoms with van der Waals surface area (Å²) in [6, 6.07) is 7.90. The molecule has 1 amide bonds. The van der Waals surface area contributed by atoms with Crippen LogP contribution in [0.1, 0.15) is 18.9 Å². The molecule has 116 valence electrons. The lowest BCUT2D eigenvalue weighted by Crippen LogP contribution is -2.35. The number of ether oxygens (including phenoxy) is 1. The van der Waals surface area contributed by atoms with E-state index in [1.54, 1.807) is 6.92 Å². The Hall–Kier alpha value is -1.59. The number of nitrogens with two attached hydrogens (primary N) is 1. The van der Waals surface area contributed by atoms with Gasteiger partial charge in [-0.25, -0.2) is 0 Å². The highest BCUT2D eigenvalue weighted by atomic mass is 16.5. The second kappa shape index (κ2) is 8.00. The zero-order chi connectivity index (χ0) is 15.1. The molecule has 1 heterocycles. The third kappa shape index (κ3) is 5.02. The van der Waals surface area contributed by atoms with Gasteiger partial charge in [0, 0.05) is 46.2 Å². The number of carbonyl (C=O) groups is 1. The van der Waals surface area contributed by atoms with Crippen molar-refractivity contribution in [2.75, 3.05) is 39.3 Å². The van der Waals surface area contributed by atoms with E-state index in [0.717, 1.165) is 50.5 Å². The van der Waals surface area contributed by atoms with Gasteiger partial charge in [-0.2, -0.15) is 0 Å². The summed E-state index contributed by atoms with van der Waals surface area (Å²) in [5, 5.41) is 0. The van der Waals surface area contributed by atoms with Gasteiger partial charge in [0.1, 0.15) is 12.4 Å². The number of hydrogen-bond donors (Lipinski definition) is 1. The van der Waals surface area contributed by atoms with Crippen LogP contribution in [-0.2, 0) is 11.3 Å². The lowest BCUT2D eigenvalue weighted by atomic mass is 10.2. The fourth-order valence-electron chi connectivity index (χ4n) is 2.52. The second-order valence-corrected chi connectivity index (χ2v) is 5.40. The van der Waals surface area contributed by atoms with Gasteiger partial charge in [0.25, 0.3) is 0 Å². The summed E-state index contributed by atoms with van der Waals surface area (Å²) in [4.78, 5) is 15.7. The van der Waals surface area contributed by atoms with Crippen molar-refractivity contribution in [2.45, 2.75) is 19.9 Å². The summed E-state index contributed by atoms with van der Waals surface area (Å²) >= 11 is 0. The Kier molecular flexibility index (Phi) is 6.02. The van der Waals surface area contributed by atoms with Crippen molar-refractivity contribution in [3.8, 4) is 5.75 Å². The van der Waals surface area contributed by atoms with Crippen molar-refractivity contribution in [1.82, 2.24) is 9.80 Å². The predicted molar refractivity (Wildman–Crippen MR) is 83.1 cm³/mol. The average Bonchev–Trinajstić information content (AvgIpc) is 2.74.